The van der Waals surface area contributed by atoms with Crippen LogP contribution in [0.1, 0.15) is 13.3 Å². The molecular weight excluding hydrogens is 264 g/mol. The summed E-state index contributed by atoms with van der Waals surface area (Å²) in [5, 5.41) is 60.0. The summed E-state index contributed by atoms with van der Waals surface area (Å²) in [4.78, 5) is 19.5. The molecule has 0 fully saturated rings. The number of hydrogen-bond donors (Lipinski definition) is 7. The Balaban J connectivity index is 0. The normalized spacial score (nSPS) is 16.6. The summed E-state index contributed by atoms with van der Waals surface area (Å²) in [5.41, 5.74) is 0. The van der Waals surface area contributed by atoms with Crippen molar-refractivity contribution in [2.45, 2.75) is 37.8 Å². The molecule has 0 saturated carbocycles. The van der Waals surface area contributed by atoms with Crippen molar-refractivity contribution in [2.24, 2.45) is 0 Å². The second-order valence-electron chi connectivity index (χ2n) is 3.75. The van der Waals surface area contributed by atoms with Gasteiger partial charge >= 0.3 is 5.97 Å². The van der Waals surface area contributed by atoms with Gasteiger partial charge in [-0.3, -0.25) is 9.59 Å². The van der Waals surface area contributed by atoms with Gasteiger partial charge in [0.2, 0.25) is 0 Å². The lowest BCUT2D eigenvalue weighted by molar-refractivity contribution is -0.139. The number of aliphatic hydroxyl groups is 6. The summed E-state index contributed by atoms with van der Waals surface area (Å²) in [6.45, 7) is -0.207. The van der Waals surface area contributed by atoms with Gasteiger partial charge in [-0.25, -0.2) is 0 Å². The van der Waals surface area contributed by atoms with Crippen LogP contribution < -0.4 is 0 Å². The molecule has 7 N–H and O–H groups in total. The van der Waals surface area contributed by atoms with Crippen molar-refractivity contribution in [3.63, 3.8) is 0 Å². The van der Waals surface area contributed by atoms with E-state index in [0.29, 0.717) is 0 Å². The Bertz CT molecular complexity index is 242. The highest BCUT2D eigenvalue weighted by molar-refractivity contribution is 5.93. The molecule has 0 aliphatic heterocycles. The van der Waals surface area contributed by atoms with E-state index in [4.69, 9.17) is 35.7 Å². The lowest BCUT2D eigenvalue weighted by Crippen LogP contribution is -2.46. The van der Waals surface area contributed by atoms with Gasteiger partial charge < -0.3 is 35.7 Å². The second kappa shape index (κ2) is 10.8. The van der Waals surface area contributed by atoms with Gasteiger partial charge in [-0.15, -0.1) is 0 Å². The van der Waals surface area contributed by atoms with Gasteiger partial charge in [0.15, 0.2) is 0 Å². The van der Waals surface area contributed by atoms with Gasteiger partial charge in [-0.05, 0) is 6.92 Å². The fourth-order valence-electron chi connectivity index (χ4n) is 0.884. The molecule has 0 radical (unpaired) electrons. The molecule has 19 heavy (non-hydrogen) atoms. The molecule has 0 rings (SSSR count). The largest absolute Gasteiger partial charge is 0.481 e. The van der Waals surface area contributed by atoms with Crippen molar-refractivity contribution in [1.82, 2.24) is 0 Å². The molecule has 9 nitrogen and oxygen atoms in total. The molecule has 9 heteroatoms. The minimum Gasteiger partial charge on any atom is -0.481 e. The first-order chi connectivity index (χ1) is 8.67. The average molecular weight is 284 g/mol. The summed E-state index contributed by atoms with van der Waals surface area (Å²) in [5.74, 6) is -1.37. The van der Waals surface area contributed by atoms with Crippen LogP contribution in [0.2, 0.25) is 0 Å². The molecule has 0 amide bonds. The van der Waals surface area contributed by atoms with Crippen LogP contribution >= 0.6 is 0 Å². The van der Waals surface area contributed by atoms with E-state index in [-0.39, 0.29) is 12.2 Å². The smallest absolute Gasteiger partial charge is 0.310 e. The third-order valence-corrected chi connectivity index (χ3v) is 1.91. The maximum absolute atomic E-state index is 9.87. The monoisotopic (exact) mass is 284 g/mol. The zero-order chi connectivity index (χ0) is 15.6. The fraction of sp³-hybridized carbons (Fsp3) is 0.800. The van der Waals surface area contributed by atoms with Crippen LogP contribution in [-0.4, -0.2) is 85.1 Å². The van der Waals surface area contributed by atoms with Crippen LogP contribution in [0.5, 0.6) is 0 Å². The van der Waals surface area contributed by atoms with E-state index in [1.165, 1.54) is 6.92 Å². The Morgan fingerprint density at radius 1 is 0.895 bits per heavy atom. The predicted octanol–water partition coefficient (Wildman–Crippen LogP) is -3.54. The standard InChI is InChI=1S/C6H14O6.C4H6O3/c7-1-3(9)5(11)6(12)4(10)2-8;1-3(5)2-4(6)7/h3-12H,1-2H2;2H2,1H3,(H,6,7). The number of carboxylic acids is 1. The van der Waals surface area contributed by atoms with Crippen molar-refractivity contribution in [1.29, 1.82) is 0 Å². The molecule has 0 aromatic rings. The molecular formula is C10H20O9. The first kappa shape index (κ1) is 20.2. The molecule has 0 aliphatic carbocycles. The summed E-state index contributed by atoms with van der Waals surface area (Å²) in [6, 6.07) is 0. The van der Waals surface area contributed by atoms with E-state index < -0.39 is 43.6 Å². The Morgan fingerprint density at radius 2 is 1.21 bits per heavy atom. The number of carboxylic acid groups (broad SMARTS) is 1. The van der Waals surface area contributed by atoms with Crippen molar-refractivity contribution in [3.05, 3.63) is 0 Å². The zero-order valence-electron chi connectivity index (χ0n) is 10.4. The maximum atomic E-state index is 9.87. The Kier molecular flexibility index (Phi) is 11.5. The highest BCUT2D eigenvalue weighted by Gasteiger charge is 2.29. The lowest BCUT2D eigenvalue weighted by atomic mass is 10.0. The van der Waals surface area contributed by atoms with Crippen LogP contribution in [-0.2, 0) is 9.59 Å². The molecule has 0 heterocycles. The molecule has 0 saturated heterocycles. The third kappa shape index (κ3) is 10.5. The second-order valence-corrected chi connectivity index (χ2v) is 3.75. The molecule has 0 spiro atoms. The van der Waals surface area contributed by atoms with Crippen molar-refractivity contribution >= 4 is 11.8 Å². The van der Waals surface area contributed by atoms with E-state index in [2.05, 4.69) is 0 Å². The van der Waals surface area contributed by atoms with Gasteiger partial charge in [0, 0.05) is 0 Å². The third-order valence-electron chi connectivity index (χ3n) is 1.91. The maximum Gasteiger partial charge on any atom is 0.310 e. The molecule has 114 valence electrons. The number of carbonyl (C=O) groups excluding carboxylic acids is 1. The van der Waals surface area contributed by atoms with Gasteiger partial charge in [0.05, 0.1) is 13.2 Å². The highest BCUT2D eigenvalue weighted by atomic mass is 16.4. The van der Waals surface area contributed by atoms with Crippen LogP contribution in [0.3, 0.4) is 0 Å². The number of rotatable bonds is 7. The van der Waals surface area contributed by atoms with Crippen LogP contribution in [0.15, 0.2) is 0 Å². The number of Topliss-reactive ketones (excluding diaryl/α,β-unsaturated/α-hetero) is 1. The molecule has 0 bridgehead atoms. The molecule has 4 unspecified atom stereocenters. The summed E-state index contributed by atoms with van der Waals surface area (Å²) in [6.07, 6.45) is -6.75. The van der Waals surface area contributed by atoms with Crippen molar-refractivity contribution in [2.75, 3.05) is 13.2 Å². The zero-order valence-corrected chi connectivity index (χ0v) is 10.4. The number of aliphatic carboxylic acids is 1. The van der Waals surface area contributed by atoms with E-state index in [1.807, 2.05) is 0 Å². The number of aliphatic hydroxyl groups excluding tert-OH is 6. The van der Waals surface area contributed by atoms with E-state index in [1.54, 1.807) is 0 Å². The van der Waals surface area contributed by atoms with Crippen molar-refractivity contribution in [3.8, 4) is 0 Å². The van der Waals surface area contributed by atoms with E-state index in [9.17, 15) is 9.59 Å². The highest BCUT2D eigenvalue weighted by Crippen LogP contribution is 2.03. The molecule has 0 aromatic carbocycles. The molecule has 0 aromatic heterocycles. The summed E-state index contributed by atoms with van der Waals surface area (Å²) in [7, 11) is 0. The number of ketones is 1. The van der Waals surface area contributed by atoms with Crippen LogP contribution in [0.4, 0.5) is 0 Å². The number of carbonyl (C=O) groups is 2. The Labute approximate surface area is 109 Å². The van der Waals surface area contributed by atoms with Crippen LogP contribution in [0.25, 0.3) is 0 Å². The first-order valence-electron chi connectivity index (χ1n) is 5.32. The van der Waals surface area contributed by atoms with Crippen molar-refractivity contribution < 1.29 is 45.3 Å². The van der Waals surface area contributed by atoms with Crippen LogP contribution in [0, 0.1) is 0 Å². The molecule has 0 aliphatic rings. The van der Waals surface area contributed by atoms with Gasteiger partial charge in [-0.1, -0.05) is 0 Å². The minimum atomic E-state index is -1.67. The van der Waals surface area contributed by atoms with Gasteiger partial charge in [0.1, 0.15) is 36.6 Å². The fourth-order valence-corrected chi connectivity index (χ4v) is 0.884. The van der Waals surface area contributed by atoms with Gasteiger partial charge in [0.25, 0.3) is 0 Å². The van der Waals surface area contributed by atoms with E-state index in [0.717, 1.165) is 0 Å². The Morgan fingerprint density at radius 3 is 1.32 bits per heavy atom. The Hall–Kier alpha value is -1.10. The quantitative estimate of drug-likeness (QED) is 0.233. The summed E-state index contributed by atoms with van der Waals surface area (Å²) >= 11 is 0. The minimum absolute atomic E-state index is 0.312. The predicted molar refractivity (Wildman–Crippen MR) is 61.1 cm³/mol. The topological polar surface area (TPSA) is 176 Å². The van der Waals surface area contributed by atoms with Gasteiger partial charge in [-0.2, -0.15) is 0 Å². The number of hydrogen-bond acceptors (Lipinski definition) is 8. The molecule has 4 atom stereocenters. The lowest BCUT2D eigenvalue weighted by Gasteiger charge is -2.24. The summed E-state index contributed by atoms with van der Waals surface area (Å²) < 4.78 is 0. The SMILES string of the molecule is CC(=O)CC(=O)O.OCC(O)C(O)C(O)C(O)CO. The first-order valence-corrected chi connectivity index (χ1v) is 5.32. The average Bonchev–Trinajstić information content (AvgIpc) is 2.34. The van der Waals surface area contributed by atoms with E-state index >= 15 is 0 Å².